The average Bonchev–Trinajstić information content (AvgIpc) is 3.33. The molecule has 1 saturated carbocycles. The SMILES string of the molecule is Nc1ncnc2c1ncn2Cc1cc(-c2cc(F)c(F)cc2F)ncc1N1CCC2CC1[C@@]2(N)[C@H](O)C(F)F. The van der Waals surface area contributed by atoms with Crippen molar-refractivity contribution in [3.63, 3.8) is 0 Å². The minimum absolute atomic E-state index is 0.0267. The third kappa shape index (κ3) is 3.88. The molecule has 3 aliphatic rings. The number of rotatable bonds is 6. The summed E-state index contributed by atoms with van der Waals surface area (Å²) in [5.74, 6) is -3.68. The smallest absolute Gasteiger partial charge is 0.265 e. The van der Waals surface area contributed by atoms with Crippen molar-refractivity contribution in [2.45, 2.75) is 43.5 Å². The highest BCUT2D eigenvalue weighted by molar-refractivity contribution is 5.81. The number of nitrogen functional groups attached to an aromatic ring is 1. The highest BCUT2D eigenvalue weighted by atomic mass is 19.3. The third-order valence-electron chi connectivity index (χ3n) is 7.97. The number of aliphatic hydroxyl groups is 1. The Morgan fingerprint density at radius 2 is 1.82 bits per heavy atom. The van der Waals surface area contributed by atoms with Crippen molar-refractivity contribution < 1.29 is 27.1 Å². The quantitative estimate of drug-likeness (QED) is 0.249. The Hall–Kier alpha value is -3.91. The van der Waals surface area contributed by atoms with Crippen LogP contribution in [0.5, 0.6) is 0 Å². The van der Waals surface area contributed by atoms with Gasteiger partial charge in [0.15, 0.2) is 23.1 Å². The number of anilines is 2. The van der Waals surface area contributed by atoms with Gasteiger partial charge in [0.25, 0.3) is 6.43 Å². The van der Waals surface area contributed by atoms with Gasteiger partial charge in [0.2, 0.25) is 0 Å². The minimum Gasteiger partial charge on any atom is -0.385 e. The van der Waals surface area contributed by atoms with Crippen LogP contribution >= 0.6 is 0 Å². The van der Waals surface area contributed by atoms with Crippen molar-refractivity contribution in [2.24, 2.45) is 11.7 Å². The van der Waals surface area contributed by atoms with E-state index in [1.54, 1.807) is 4.57 Å². The molecule has 204 valence electrons. The molecule has 14 heteroatoms. The van der Waals surface area contributed by atoms with E-state index >= 15 is 0 Å². The van der Waals surface area contributed by atoms with E-state index < -0.39 is 41.6 Å². The molecule has 0 amide bonds. The predicted octanol–water partition coefficient (Wildman–Crippen LogP) is 2.86. The van der Waals surface area contributed by atoms with Gasteiger partial charge < -0.3 is 26.0 Å². The van der Waals surface area contributed by atoms with Crippen LogP contribution in [0.3, 0.4) is 0 Å². The Morgan fingerprint density at radius 1 is 1.05 bits per heavy atom. The first kappa shape index (κ1) is 25.4. The van der Waals surface area contributed by atoms with E-state index in [1.807, 2.05) is 4.90 Å². The van der Waals surface area contributed by atoms with E-state index in [0.717, 1.165) is 6.07 Å². The maximum atomic E-state index is 14.6. The summed E-state index contributed by atoms with van der Waals surface area (Å²) < 4.78 is 71.0. The zero-order valence-corrected chi connectivity index (χ0v) is 20.3. The minimum atomic E-state index is -3.01. The van der Waals surface area contributed by atoms with Crippen molar-refractivity contribution in [3.05, 3.63) is 60.1 Å². The number of benzene rings is 1. The second-order valence-corrected chi connectivity index (χ2v) is 9.96. The van der Waals surface area contributed by atoms with Crippen LogP contribution in [0.1, 0.15) is 18.4 Å². The number of halogens is 5. The summed E-state index contributed by atoms with van der Waals surface area (Å²) in [6, 6.07) is 2.06. The van der Waals surface area contributed by atoms with Gasteiger partial charge in [-0.3, -0.25) is 4.98 Å². The van der Waals surface area contributed by atoms with Gasteiger partial charge in [0.05, 0.1) is 42.0 Å². The van der Waals surface area contributed by atoms with Crippen molar-refractivity contribution in [3.8, 4) is 11.3 Å². The number of piperidine rings is 2. The predicted molar refractivity (Wildman–Crippen MR) is 131 cm³/mol. The molecule has 0 radical (unpaired) electrons. The number of hydrogen-bond donors (Lipinski definition) is 3. The second kappa shape index (κ2) is 9.09. The molecular weight excluding hydrogens is 523 g/mol. The molecule has 2 unspecified atom stereocenters. The number of aliphatic hydroxyl groups excluding tert-OH is 1. The standard InChI is InChI=1S/C25H23F5N8O/c26-14-6-16(28)15(27)5-13(14)17-3-11(8-37-10-36-20-23(31)34-9-35-24(20)37)18(7-33-17)38-2-1-12-4-19(38)25(12,32)21(39)22(29)30/h3,5-7,9-10,12,19,21-22,39H,1-2,4,8,32H2,(H2,31,34,35)/t12?,19?,21-,25-/m1/s1. The van der Waals surface area contributed by atoms with E-state index in [0.29, 0.717) is 47.9 Å². The molecule has 3 aromatic heterocycles. The molecule has 5 heterocycles. The molecule has 0 spiro atoms. The normalized spacial score (nSPS) is 23.3. The van der Waals surface area contributed by atoms with Gasteiger partial charge in [-0.1, -0.05) is 0 Å². The van der Waals surface area contributed by atoms with Crippen molar-refractivity contribution in [1.82, 2.24) is 24.5 Å². The van der Waals surface area contributed by atoms with E-state index in [-0.39, 0.29) is 29.5 Å². The molecule has 2 saturated heterocycles. The number of nitrogens with zero attached hydrogens (tertiary/aromatic N) is 6. The van der Waals surface area contributed by atoms with Crippen LogP contribution in [0.4, 0.5) is 33.5 Å². The number of alkyl halides is 2. The lowest BCUT2D eigenvalue weighted by Gasteiger charge is -2.64. The fourth-order valence-corrected chi connectivity index (χ4v) is 5.89. The molecule has 1 aromatic carbocycles. The number of hydrogen-bond acceptors (Lipinski definition) is 8. The van der Waals surface area contributed by atoms with Gasteiger partial charge in [-0.2, -0.15) is 0 Å². The molecule has 4 atom stereocenters. The van der Waals surface area contributed by atoms with Gasteiger partial charge in [0.1, 0.15) is 23.8 Å². The lowest BCUT2D eigenvalue weighted by atomic mass is 9.56. The fraction of sp³-hybridized carbons (Fsp3) is 0.360. The summed E-state index contributed by atoms with van der Waals surface area (Å²) in [6.07, 6.45) is 0.110. The summed E-state index contributed by atoms with van der Waals surface area (Å²) in [4.78, 5) is 18.5. The van der Waals surface area contributed by atoms with E-state index in [9.17, 15) is 27.1 Å². The zero-order valence-electron chi connectivity index (χ0n) is 20.3. The van der Waals surface area contributed by atoms with Crippen LogP contribution in [0.15, 0.2) is 37.1 Å². The molecule has 4 aromatic rings. The Bertz CT molecular complexity index is 1580. The van der Waals surface area contributed by atoms with E-state index in [1.165, 1.54) is 24.9 Å². The van der Waals surface area contributed by atoms with Crippen molar-refractivity contribution in [1.29, 1.82) is 0 Å². The van der Waals surface area contributed by atoms with Gasteiger partial charge >= 0.3 is 0 Å². The van der Waals surface area contributed by atoms with Crippen molar-refractivity contribution in [2.75, 3.05) is 17.2 Å². The summed E-state index contributed by atoms with van der Waals surface area (Å²) in [5, 5.41) is 10.3. The summed E-state index contributed by atoms with van der Waals surface area (Å²) >= 11 is 0. The fourth-order valence-electron chi connectivity index (χ4n) is 5.89. The first-order valence-electron chi connectivity index (χ1n) is 12.2. The van der Waals surface area contributed by atoms with E-state index in [2.05, 4.69) is 19.9 Å². The summed E-state index contributed by atoms with van der Waals surface area (Å²) in [5.41, 5.74) is 12.4. The topological polar surface area (TPSA) is 132 Å². The van der Waals surface area contributed by atoms with Gasteiger partial charge in [-0.05, 0) is 36.5 Å². The van der Waals surface area contributed by atoms with E-state index in [4.69, 9.17) is 11.5 Å². The zero-order chi connectivity index (χ0) is 27.6. The van der Waals surface area contributed by atoms with Crippen molar-refractivity contribution >= 4 is 22.7 Å². The Morgan fingerprint density at radius 3 is 2.56 bits per heavy atom. The van der Waals surface area contributed by atoms with Gasteiger partial charge in [0, 0.05) is 18.2 Å². The first-order valence-corrected chi connectivity index (χ1v) is 12.2. The molecule has 1 aliphatic carbocycles. The maximum Gasteiger partial charge on any atom is 0.265 e. The number of fused-ring (bicyclic) bond motifs is 3. The number of nitrogens with two attached hydrogens (primary N) is 2. The molecule has 2 bridgehead atoms. The molecule has 3 fully saturated rings. The Labute approximate surface area is 218 Å². The molecule has 7 rings (SSSR count). The lowest BCUT2D eigenvalue weighted by Crippen LogP contribution is -2.80. The lowest BCUT2D eigenvalue weighted by molar-refractivity contribution is -0.120. The monoisotopic (exact) mass is 546 g/mol. The van der Waals surface area contributed by atoms with Crippen LogP contribution in [-0.2, 0) is 6.54 Å². The number of imidazole rings is 1. The molecule has 39 heavy (non-hydrogen) atoms. The van der Waals surface area contributed by atoms with Crippen LogP contribution in [-0.4, -0.2) is 60.3 Å². The van der Waals surface area contributed by atoms with Crippen LogP contribution in [0, 0.1) is 23.4 Å². The molecule has 5 N–H and O–H groups in total. The highest BCUT2D eigenvalue weighted by Crippen LogP contribution is 2.51. The third-order valence-corrected chi connectivity index (χ3v) is 7.97. The first-order chi connectivity index (χ1) is 18.6. The number of pyridine rings is 1. The number of aromatic nitrogens is 5. The maximum absolute atomic E-state index is 14.6. The Kier molecular flexibility index (Phi) is 5.91. The van der Waals surface area contributed by atoms with Gasteiger partial charge in [-0.25, -0.2) is 36.9 Å². The van der Waals surface area contributed by atoms with Gasteiger partial charge in [-0.15, -0.1) is 0 Å². The van der Waals surface area contributed by atoms with Crippen LogP contribution in [0.2, 0.25) is 0 Å². The summed E-state index contributed by atoms with van der Waals surface area (Å²) in [6.45, 7) is 0.558. The highest BCUT2D eigenvalue weighted by Gasteiger charge is 2.63. The van der Waals surface area contributed by atoms with Crippen LogP contribution < -0.4 is 16.4 Å². The molecule has 2 aliphatic heterocycles. The summed E-state index contributed by atoms with van der Waals surface area (Å²) in [7, 11) is 0. The second-order valence-electron chi connectivity index (χ2n) is 9.96. The molecule has 9 nitrogen and oxygen atoms in total. The average molecular weight is 547 g/mol. The Balaban J connectivity index is 1.46. The molecular formula is C25H23F5N8O. The van der Waals surface area contributed by atoms with Crippen LogP contribution in [0.25, 0.3) is 22.4 Å². The largest absolute Gasteiger partial charge is 0.385 e.